The van der Waals surface area contributed by atoms with E-state index in [0.717, 1.165) is 10.5 Å². The quantitative estimate of drug-likeness (QED) is 0.185. The molecule has 4 N–H and O–H groups in total. The maximum absolute atomic E-state index is 13.6. The predicted molar refractivity (Wildman–Crippen MR) is 193 cm³/mol. The number of methoxy groups -OCH3 is 3. The average Bonchev–Trinajstić information content (AvgIpc) is 3.51. The topological polar surface area (TPSA) is 194 Å². The van der Waals surface area contributed by atoms with Gasteiger partial charge in [0.2, 0.25) is 17.7 Å². The molecule has 0 aromatic heterocycles. The number of aliphatic hydroxyl groups is 1. The van der Waals surface area contributed by atoms with Crippen LogP contribution in [0.4, 0.5) is 16.2 Å². The second-order valence-electron chi connectivity index (χ2n) is 13.1. The Balaban J connectivity index is 1.36. The highest BCUT2D eigenvalue weighted by molar-refractivity contribution is 6.06. The number of ether oxygens (including phenoxy) is 5. The molecule has 2 heterocycles. The molecule has 0 aliphatic carbocycles. The van der Waals surface area contributed by atoms with Crippen LogP contribution in [0.1, 0.15) is 56.5 Å². The summed E-state index contributed by atoms with van der Waals surface area (Å²) in [5.74, 6) is -1.45. The molecule has 0 saturated heterocycles. The minimum absolute atomic E-state index is 0.0716. The molecule has 0 radical (unpaired) electrons. The van der Waals surface area contributed by atoms with Crippen molar-refractivity contribution in [2.24, 2.45) is 5.92 Å². The van der Waals surface area contributed by atoms with Gasteiger partial charge in [-0.1, -0.05) is 31.6 Å². The highest BCUT2D eigenvalue weighted by Gasteiger charge is 2.45. The first-order valence-electron chi connectivity index (χ1n) is 17.3. The van der Waals surface area contributed by atoms with E-state index in [4.69, 9.17) is 23.7 Å². The summed E-state index contributed by atoms with van der Waals surface area (Å²) >= 11 is 0. The number of aliphatic hydroxyl groups excluding tert-OH is 1. The number of anilines is 2. The Morgan fingerprint density at radius 1 is 0.925 bits per heavy atom. The minimum atomic E-state index is -1.43. The van der Waals surface area contributed by atoms with Crippen molar-refractivity contribution in [3.05, 3.63) is 59.3 Å². The van der Waals surface area contributed by atoms with E-state index in [0.29, 0.717) is 30.9 Å². The summed E-state index contributed by atoms with van der Waals surface area (Å²) < 4.78 is 26.7. The first-order chi connectivity index (χ1) is 25.3. The molecule has 2 aliphatic rings. The standard InChI is InChI=1S/C37H49N5O11/c1-21(2)32(40-31(43)12-13-52-15-14-49-5)34(45)38-23(4)33(44)39-25-10-8-24(9-11-25)20-53-37(48)42-27-18-30(51-7)29(50-6)17-26(27)35(46)41-19-22(3)16-28(41)36(42)47/h8-11,17-19,21,23,28,32,36,47H,12-16,20H2,1-7H3,(H,38,45)(H,39,44)(H,40,43)/t23-,28-,32-,36-/m0/s1. The van der Waals surface area contributed by atoms with Gasteiger partial charge in [-0.3, -0.25) is 19.2 Å². The number of nitrogens with one attached hydrogen (secondary N) is 3. The van der Waals surface area contributed by atoms with Gasteiger partial charge in [0.05, 0.1) is 51.3 Å². The van der Waals surface area contributed by atoms with Gasteiger partial charge in [0.1, 0.15) is 18.7 Å². The highest BCUT2D eigenvalue weighted by Crippen LogP contribution is 2.41. The summed E-state index contributed by atoms with van der Waals surface area (Å²) in [4.78, 5) is 68.0. The summed E-state index contributed by atoms with van der Waals surface area (Å²) in [5, 5.41) is 19.6. The number of fused-ring (bicyclic) bond motifs is 2. The molecule has 2 aromatic rings. The van der Waals surface area contributed by atoms with Crippen LogP contribution < -0.4 is 30.3 Å². The molecule has 0 fully saturated rings. The number of amides is 5. The SMILES string of the molecule is COCCOCCC(=O)N[C@H](C(=O)N[C@@H](C)C(=O)Nc1ccc(COC(=O)N2c3cc(OC)c(OC)cc3C(=O)N3C=C(C)C[C@H]3[C@@H]2O)cc1)C(C)C. The van der Waals surface area contributed by atoms with Gasteiger partial charge in [-0.05, 0) is 49.9 Å². The van der Waals surface area contributed by atoms with Crippen molar-refractivity contribution >= 4 is 41.1 Å². The lowest BCUT2D eigenvalue weighted by Crippen LogP contribution is -2.53. The summed E-state index contributed by atoms with van der Waals surface area (Å²) in [7, 11) is 4.40. The molecule has 0 unspecified atom stereocenters. The molecule has 16 heteroatoms. The number of carbonyl (C=O) groups is 5. The van der Waals surface area contributed by atoms with Crippen LogP contribution in [0.15, 0.2) is 48.2 Å². The normalized spacial score (nSPS) is 17.5. The van der Waals surface area contributed by atoms with Gasteiger partial charge >= 0.3 is 6.09 Å². The van der Waals surface area contributed by atoms with Crippen LogP contribution in [0.5, 0.6) is 11.5 Å². The molecule has 4 rings (SSSR count). The number of nitrogens with zero attached hydrogens (tertiary/aromatic N) is 2. The molecule has 0 spiro atoms. The molecule has 0 bridgehead atoms. The molecule has 4 atom stereocenters. The summed E-state index contributed by atoms with van der Waals surface area (Å²) in [6.45, 7) is 7.70. The van der Waals surface area contributed by atoms with Crippen molar-refractivity contribution in [1.82, 2.24) is 15.5 Å². The Morgan fingerprint density at radius 2 is 1.60 bits per heavy atom. The number of rotatable bonds is 16. The van der Waals surface area contributed by atoms with Gasteiger partial charge in [-0.25, -0.2) is 9.69 Å². The van der Waals surface area contributed by atoms with Crippen molar-refractivity contribution in [2.45, 2.75) is 71.5 Å². The summed E-state index contributed by atoms with van der Waals surface area (Å²) in [5.41, 5.74) is 2.10. The first kappa shape index (κ1) is 40.6. The second kappa shape index (κ2) is 18.5. The third-order valence-corrected chi connectivity index (χ3v) is 8.79. The molecule has 288 valence electrons. The largest absolute Gasteiger partial charge is 0.493 e. The zero-order valence-electron chi connectivity index (χ0n) is 31.1. The monoisotopic (exact) mass is 739 g/mol. The van der Waals surface area contributed by atoms with Crippen LogP contribution in [-0.4, -0.2) is 105 Å². The third kappa shape index (κ3) is 10.0. The van der Waals surface area contributed by atoms with Crippen LogP contribution in [-0.2, 0) is 35.2 Å². The number of hydrogen-bond acceptors (Lipinski definition) is 11. The second-order valence-corrected chi connectivity index (χ2v) is 13.1. The van der Waals surface area contributed by atoms with Crippen molar-refractivity contribution in [3.63, 3.8) is 0 Å². The molecule has 5 amide bonds. The van der Waals surface area contributed by atoms with E-state index in [2.05, 4.69) is 16.0 Å². The lowest BCUT2D eigenvalue weighted by atomic mass is 10.0. The Kier molecular flexibility index (Phi) is 14.2. The molecule has 2 aromatic carbocycles. The van der Waals surface area contributed by atoms with E-state index in [-0.39, 0.29) is 54.2 Å². The fraction of sp³-hybridized carbons (Fsp3) is 0.486. The van der Waals surface area contributed by atoms with Gasteiger partial charge < -0.3 is 49.6 Å². The predicted octanol–water partition coefficient (Wildman–Crippen LogP) is 2.93. The Morgan fingerprint density at radius 3 is 2.25 bits per heavy atom. The number of benzene rings is 2. The minimum Gasteiger partial charge on any atom is -0.493 e. The van der Waals surface area contributed by atoms with E-state index in [1.165, 1.54) is 38.2 Å². The van der Waals surface area contributed by atoms with E-state index in [1.807, 2.05) is 6.92 Å². The lowest BCUT2D eigenvalue weighted by Gasteiger charge is -2.31. The van der Waals surface area contributed by atoms with Gasteiger partial charge in [-0.15, -0.1) is 0 Å². The van der Waals surface area contributed by atoms with Crippen molar-refractivity contribution in [2.75, 3.05) is 51.4 Å². The van der Waals surface area contributed by atoms with Crippen LogP contribution >= 0.6 is 0 Å². The molecule has 53 heavy (non-hydrogen) atoms. The van der Waals surface area contributed by atoms with E-state index >= 15 is 0 Å². The lowest BCUT2D eigenvalue weighted by molar-refractivity contribution is -0.132. The molecular weight excluding hydrogens is 690 g/mol. The molecule has 0 saturated carbocycles. The van der Waals surface area contributed by atoms with Gasteiger partial charge in [0.15, 0.2) is 17.7 Å². The fourth-order valence-corrected chi connectivity index (χ4v) is 5.88. The zero-order valence-corrected chi connectivity index (χ0v) is 31.1. The summed E-state index contributed by atoms with van der Waals surface area (Å²) in [6.07, 6.45) is -0.235. The molecular formula is C37H49N5O11. The number of carbonyl (C=O) groups excluding carboxylic acids is 5. The maximum atomic E-state index is 13.6. The van der Waals surface area contributed by atoms with Gasteiger partial charge in [0.25, 0.3) is 5.91 Å². The maximum Gasteiger partial charge on any atom is 0.416 e. The molecule has 2 aliphatic heterocycles. The highest BCUT2D eigenvalue weighted by atomic mass is 16.6. The van der Waals surface area contributed by atoms with E-state index in [9.17, 15) is 29.1 Å². The van der Waals surface area contributed by atoms with Crippen molar-refractivity contribution < 1.29 is 52.8 Å². The third-order valence-electron chi connectivity index (χ3n) is 8.79. The van der Waals surface area contributed by atoms with Crippen LogP contribution in [0, 0.1) is 5.92 Å². The molecule has 16 nitrogen and oxygen atoms in total. The first-order valence-corrected chi connectivity index (χ1v) is 17.3. The average molecular weight is 740 g/mol. The van der Waals surface area contributed by atoms with Gasteiger partial charge in [0, 0.05) is 31.5 Å². The smallest absolute Gasteiger partial charge is 0.416 e. The Labute approximate surface area is 308 Å². The van der Waals surface area contributed by atoms with Crippen molar-refractivity contribution in [3.8, 4) is 11.5 Å². The van der Waals surface area contributed by atoms with Crippen molar-refractivity contribution in [1.29, 1.82) is 0 Å². The summed E-state index contributed by atoms with van der Waals surface area (Å²) in [6, 6.07) is 6.91. The van der Waals surface area contributed by atoms with Crippen LogP contribution in [0.25, 0.3) is 0 Å². The van der Waals surface area contributed by atoms with Crippen LogP contribution in [0.3, 0.4) is 0 Å². The Hall–Kier alpha value is -5.19. The van der Waals surface area contributed by atoms with Crippen LogP contribution in [0.2, 0.25) is 0 Å². The van der Waals surface area contributed by atoms with E-state index in [1.54, 1.807) is 51.4 Å². The van der Waals surface area contributed by atoms with E-state index < -0.39 is 48.2 Å². The Bertz CT molecular complexity index is 1680. The zero-order chi connectivity index (χ0) is 38.8. The van der Waals surface area contributed by atoms with Gasteiger partial charge in [-0.2, -0.15) is 0 Å². The number of hydrogen-bond donors (Lipinski definition) is 4. The fourth-order valence-electron chi connectivity index (χ4n) is 5.88.